The fourth-order valence-electron chi connectivity index (χ4n) is 1.87. The van der Waals surface area contributed by atoms with Gasteiger partial charge in [0.25, 0.3) is 0 Å². The standard InChI is InChI=1S/C10H19NO2.ClH/c1-8(10(12)13)11-9-6-4-2-3-5-7-9;/h8-9,11H,2-7H2,1H3,(H,12,13);1H/t8-;/m0./s1. The first kappa shape index (κ1) is 13.7. The summed E-state index contributed by atoms with van der Waals surface area (Å²) in [5.74, 6) is -0.746. The molecule has 0 saturated heterocycles. The molecule has 1 saturated carbocycles. The largest absolute Gasteiger partial charge is 0.480 e. The van der Waals surface area contributed by atoms with Crippen molar-refractivity contribution in [2.75, 3.05) is 0 Å². The zero-order valence-electron chi connectivity index (χ0n) is 8.66. The summed E-state index contributed by atoms with van der Waals surface area (Å²) in [4.78, 5) is 10.6. The van der Waals surface area contributed by atoms with Gasteiger partial charge in [0.2, 0.25) is 0 Å². The molecule has 0 bridgehead atoms. The van der Waals surface area contributed by atoms with E-state index in [4.69, 9.17) is 5.11 Å². The second-order valence-corrected chi connectivity index (χ2v) is 3.92. The van der Waals surface area contributed by atoms with Crippen LogP contribution in [0.4, 0.5) is 0 Å². The minimum atomic E-state index is -0.746. The lowest BCUT2D eigenvalue weighted by molar-refractivity contribution is -0.139. The summed E-state index contributed by atoms with van der Waals surface area (Å²) >= 11 is 0. The smallest absolute Gasteiger partial charge is 0.320 e. The van der Waals surface area contributed by atoms with Crippen molar-refractivity contribution in [3.05, 3.63) is 0 Å². The molecule has 0 unspecified atom stereocenters. The van der Waals surface area contributed by atoms with E-state index < -0.39 is 12.0 Å². The molecule has 0 amide bonds. The van der Waals surface area contributed by atoms with Gasteiger partial charge in [0.15, 0.2) is 0 Å². The number of carboxylic acids is 1. The molecule has 2 N–H and O–H groups in total. The molecule has 0 spiro atoms. The average Bonchev–Trinajstić information content (AvgIpc) is 2.32. The number of hydrogen-bond donors (Lipinski definition) is 2. The molecule has 4 heteroatoms. The third kappa shape index (κ3) is 4.82. The highest BCUT2D eigenvalue weighted by molar-refractivity contribution is 5.85. The van der Waals surface area contributed by atoms with Crippen LogP contribution in [0.5, 0.6) is 0 Å². The van der Waals surface area contributed by atoms with E-state index in [1.807, 2.05) is 0 Å². The Morgan fingerprint density at radius 1 is 1.29 bits per heavy atom. The first-order valence-electron chi connectivity index (χ1n) is 5.19. The van der Waals surface area contributed by atoms with Crippen molar-refractivity contribution in [3.63, 3.8) is 0 Å². The van der Waals surface area contributed by atoms with Crippen molar-refractivity contribution in [1.29, 1.82) is 0 Å². The number of hydrogen-bond acceptors (Lipinski definition) is 2. The van der Waals surface area contributed by atoms with Gasteiger partial charge < -0.3 is 10.4 Å². The molecule has 0 aromatic carbocycles. The molecule has 0 radical (unpaired) electrons. The summed E-state index contributed by atoms with van der Waals surface area (Å²) in [6.07, 6.45) is 7.36. The van der Waals surface area contributed by atoms with E-state index in [2.05, 4.69) is 5.32 Å². The second-order valence-electron chi connectivity index (χ2n) is 3.92. The SMILES string of the molecule is C[C@H](NC1CCCCCC1)C(=O)O.Cl. The van der Waals surface area contributed by atoms with E-state index in [-0.39, 0.29) is 12.4 Å². The van der Waals surface area contributed by atoms with Gasteiger partial charge in [0.05, 0.1) is 0 Å². The van der Waals surface area contributed by atoms with E-state index in [0.717, 1.165) is 12.8 Å². The van der Waals surface area contributed by atoms with Crippen LogP contribution in [0, 0.1) is 0 Å². The Kier molecular flexibility index (Phi) is 6.93. The Bertz CT molecular complexity index is 168. The van der Waals surface area contributed by atoms with Gasteiger partial charge in [-0.05, 0) is 19.8 Å². The number of nitrogens with one attached hydrogen (secondary N) is 1. The number of carbonyl (C=O) groups is 1. The maximum Gasteiger partial charge on any atom is 0.320 e. The normalized spacial score (nSPS) is 20.6. The van der Waals surface area contributed by atoms with Gasteiger partial charge in [-0.15, -0.1) is 12.4 Å². The highest BCUT2D eigenvalue weighted by Crippen LogP contribution is 2.17. The molecule has 3 nitrogen and oxygen atoms in total. The van der Waals surface area contributed by atoms with E-state index in [1.54, 1.807) is 6.92 Å². The summed E-state index contributed by atoms with van der Waals surface area (Å²) < 4.78 is 0. The topological polar surface area (TPSA) is 49.3 Å². The Balaban J connectivity index is 0.00000169. The molecule has 84 valence electrons. The molecule has 0 aromatic rings. The van der Waals surface area contributed by atoms with Crippen LogP contribution in [0.2, 0.25) is 0 Å². The van der Waals surface area contributed by atoms with Crippen molar-refractivity contribution in [2.45, 2.75) is 57.5 Å². The summed E-state index contributed by atoms with van der Waals surface area (Å²) in [6, 6.07) is 0.0247. The van der Waals surface area contributed by atoms with E-state index >= 15 is 0 Å². The van der Waals surface area contributed by atoms with Gasteiger partial charge >= 0.3 is 5.97 Å². The highest BCUT2D eigenvalue weighted by Gasteiger charge is 2.17. The fraction of sp³-hybridized carbons (Fsp3) is 0.900. The van der Waals surface area contributed by atoms with Crippen LogP contribution in [0.1, 0.15) is 45.4 Å². The Hall–Kier alpha value is -0.280. The zero-order valence-corrected chi connectivity index (χ0v) is 9.48. The fourth-order valence-corrected chi connectivity index (χ4v) is 1.87. The van der Waals surface area contributed by atoms with Gasteiger partial charge in [-0.3, -0.25) is 4.79 Å². The Morgan fingerprint density at radius 3 is 2.21 bits per heavy atom. The highest BCUT2D eigenvalue weighted by atomic mass is 35.5. The summed E-state index contributed by atoms with van der Waals surface area (Å²) in [5, 5.41) is 11.9. The van der Waals surface area contributed by atoms with Gasteiger partial charge in [0.1, 0.15) is 6.04 Å². The van der Waals surface area contributed by atoms with Crippen LogP contribution in [-0.2, 0) is 4.79 Å². The van der Waals surface area contributed by atoms with Crippen LogP contribution in [-0.4, -0.2) is 23.2 Å². The van der Waals surface area contributed by atoms with Crippen LogP contribution in [0.15, 0.2) is 0 Å². The molecule has 1 rings (SSSR count). The molecule has 0 aliphatic heterocycles. The maximum absolute atomic E-state index is 10.6. The maximum atomic E-state index is 10.6. The van der Waals surface area contributed by atoms with Crippen LogP contribution < -0.4 is 5.32 Å². The predicted molar refractivity (Wildman–Crippen MR) is 59.0 cm³/mol. The predicted octanol–water partition coefficient (Wildman–Crippen LogP) is 2.19. The average molecular weight is 222 g/mol. The molecule has 1 atom stereocenters. The van der Waals surface area contributed by atoms with Crippen LogP contribution in [0.3, 0.4) is 0 Å². The minimum absolute atomic E-state index is 0. The molecule has 0 aromatic heterocycles. The molecule has 1 aliphatic carbocycles. The van der Waals surface area contributed by atoms with Crippen LogP contribution in [0.25, 0.3) is 0 Å². The van der Waals surface area contributed by atoms with Gasteiger partial charge in [-0.2, -0.15) is 0 Å². The van der Waals surface area contributed by atoms with Crippen molar-refractivity contribution >= 4 is 18.4 Å². The summed E-state index contributed by atoms with van der Waals surface area (Å²) in [7, 11) is 0. The molecule has 1 fully saturated rings. The number of carboxylic acid groups (broad SMARTS) is 1. The number of halogens is 1. The number of aliphatic carboxylic acids is 1. The first-order valence-corrected chi connectivity index (χ1v) is 5.19. The van der Waals surface area contributed by atoms with Crippen molar-refractivity contribution in [3.8, 4) is 0 Å². The van der Waals surface area contributed by atoms with Gasteiger partial charge in [0, 0.05) is 6.04 Å². The monoisotopic (exact) mass is 221 g/mol. The van der Waals surface area contributed by atoms with Crippen molar-refractivity contribution in [2.24, 2.45) is 0 Å². The third-order valence-electron chi connectivity index (χ3n) is 2.71. The molecule has 0 heterocycles. The zero-order chi connectivity index (χ0) is 9.68. The molecular formula is C10H20ClNO2. The van der Waals surface area contributed by atoms with Crippen LogP contribution >= 0.6 is 12.4 Å². The first-order chi connectivity index (χ1) is 6.20. The molecule has 14 heavy (non-hydrogen) atoms. The third-order valence-corrected chi connectivity index (χ3v) is 2.71. The van der Waals surface area contributed by atoms with E-state index in [9.17, 15) is 4.79 Å². The van der Waals surface area contributed by atoms with Crippen molar-refractivity contribution < 1.29 is 9.90 Å². The Labute approximate surface area is 91.7 Å². The minimum Gasteiger partial charge on any atom is -0.480 e. The number of rotatable bonds is 3. The summed E-state index contributed by atoms with van der Waals surface area (Å²) in [5.41, 5.74) is 0. The van der Waals surface area contributed by atoms with E-state index in [0.29, 0.717) is 6.04 Å². The lowest BCUT2D eigenvalue weighted by Crippen LogP contribution is -2.41. The van der Waals surface area contributed by atoms with Crippen molar-refractivity contribution in [1.82, 2.24) is 5.32 Å². The molecule has 1 aliphatic rings. The van der Waals surface area contributed by atoms with Gasteiger partial charge in [-0.25, -0.2) is 0 Å². The Morgan fingerprint density at radius 2 is 1.79 bits per heavy atom. The lowest BCUT2D eigenvalue weighted by atomic mass is 10.1. The van der Waals surface area contributed by atoms with Gasteiger partial charge in [-0.1, -0.05) is 25.7 Å². The lowest BCUT2D eigenvalue weighted by Gasteiger charge is -2.18. The van der Waals surface area contributed by atoms with E-state index in [1.165, 1.54) is 25.7 Å². The molecular weight excluding hydrogens is 202 g/mol. The summed E-state index contributed by atoms with van der Waals surface area (Å²) in [6.45, 7) is 1.72. The second kappa shape index (κ2) is 7.07. The quantitative estimate of drug-likeness (QED) is 0.719.